The van der Waals surface area contributed by atoms with Crippen LogP contribution in [0.3, 0.4) is 0 Å². The number of amides is 2. The number of nitrogens with one attached hydrogen (secondary N) is 1. The van der Waals surface area contributed by atoms with Gasteiger partial charge >= 0.3 is 12.1 Å². The Balaban J connectivity index is 1.81. The molecule has 0 saturated carbocycles. The number of rotatable bonds is 10. The lowest BCUT2D eigenvalue weighted by molar-refractivity contribution is -0.137. The highest BCUT2D eigenvalue weighted by molar-refractivity contribution is 8.15. The van der Waals surface area contributed by atoms with E-state index in [9.17, 15) is 27.6 Å². The lowest BCUT2D eigenvalue weighted by Crippen LogP contribution is -2.45. The number of hydrogen-bond acceptors (Lipinski definition) is 5. The van der Waals surface area contributed by atoms with E-state index in [1.54, 1.807) is 0 Å². The average Bonchev–Trinajstić information content (AvgIpc) is 2.85. The molecule has 0 aromatic heterocycles. The number of hydrogen-bond donors (Lipinski definition) is 2. The Morgan fingerprint density at radius 1 is 1.11 bits per heavy atom. The van der Waals surface area contributed by atoms with Crippen molar-refractivity contribution in [2.45, 2.75) is 56.9 Å². The quantitative estimate of drug-likeness (QED) is 0.346. The summed E-state index contributed by atoms with van der Waals surface area (Å²) in [5, 5.41) is 11.0. The van der Waals surface area contributed by atoms with Gasteiger partial charge in [0.15, 0.2) is 5.17 Å². The maximum atomic E-state index is 13.2. The van der Waals surface area contributed by atoms with E-state index in [1.807, 2.05) is 0 Å². The van der Waals surface area contributed by atoms with Crippen molar-refractivity contribution in [3.8, 4) is 0 Å². The van der Waals surface area contributed by atoms with E-state index < -0.39 is 28.9 Å². The second-order valence-electron chi connectivity index (χ2n) is 8.58. The predicted molar refractivity (Wildman–Crippen MR) is 137 cm³/mol. The van der Waals surface area contributed by atoms with E-state index in [0.717, 1.165) is 49.6 Å². The van der Waals surface area contributed by atoms with Crippen LogP contribution in [0.25, 0.3) is 0 Å². The molecule has 3 rings (SSSR count). The summed E-state index contributed by atoms with van der Waals surface area (Å²) in [6.07, 6.45) is 0.122. The van der Waals surface area contributed by atoms with Gasteiger partial charge in [-0.3, -0.25) is 14.5 Å². The Morgan fingerprint density at radius 2 is 1.81 bits per heavy atom. The van der Waals surface area contributed by atoms with Crippen molar-refractivity contribution in [1.82, 2.24) is 4.90 Å². The number of carboxylic acid groups (broad SMARTS) is 1. The van der Waals surface area contributed by atoms with Crippen LogP contribution in [0.4, 0.5) is 24.5 Å². The zero-order chi connectivity index (χ0) is 27.0. The molecule has 2 aromatic carbocycles. The van der Waals surface area contributed by atoms with Gasteiger partial charge in [-0.1, -0.05) is 50.4 Å². The monoisotopic (exact) mass is 535 g/mol. The van der Waals surface area contributed by atoms with Gasteiger partial charge < -0.3 is 10.4 Å². The Labute approximate surface area is 217 Å². The minimum atomic E-state index is -4.54. The normalized spacial score (nSPS) is 17.2. The number of aromatic carboxylic acids is 1. The third kappa shape index (κ3) is 8.08. The van der Waals surface area contributed by atoms with E-state index in [2.05, 4.69) is 17.2 Å². The number of carboxylic acids is 1. The summed E-state index contributed by atoms with van der Waals surface area (Å²) in [4.78, 5) is 42.8. The largest absolute Gasteiger partial charge is 0.478 e. The standard InChI is InChI=1S/C26H28F3N3O4S/c1-2-3-4-5-6-14-32-22(33)16-21(23(34)30-19-12-10-17(11-13-19)24(35)36)37-25(32)31-20-9-7-8-18(15-20)26(27,28)29/h7-13,15,21H,2-6,14,16H2,1H3,(H,30,34)(H,35,36). The first-order chi connectivity index (χ1) is 17.6. The first-order valence-electron chi connectivity index (χ1n) is 12.0. The number of nitrogens with zero attached hydrogens (tertiary/aromatic N) is 2. The fourth-order valence-corrected chi connectivity index (χ4v) is 4.84. The van der Waals surface area contributed by atoms with Crippen LogP contribution in [0.1, 0.15) is 61.4 Å². The Morgan fingerprint density at radius 3 is 2.46 bits per heavy atom. The number of amidine groups is 1. The molecule has 1 aliphatic heterocycles. The van der Waals surface area contributed by atoms with Crippen molar-refractivity contribution >= 4 is 46.1 Å². The summed E-state index contributed by atoms with van der Waals surface area (Å²) in [5.41, 5.74) is -0.402. The number of benzene rings is 2. The van der Waals surface area contributed by atoms with Crippen LogP contribution in [-0.4, -0.2) is 44.8 Å². The van der Waals surface area contributed by atoms with Crippen LogP contribution >= 0.6 is 11.8 Å². The van der Waals surface area contributed by atoms with Crippen LogP contribution < -0.4 is 5.32 Å². The molecular weight excluding hydrogens is 507 g/mol. The number of carbonyl (C=O) groups is 3. The van der Waals surface area contributed by atoms with E-state index in [0.29, 0.717) is 18.7 Å². The van der Waals surface area contributed by atoms with Gasteiger partial charge in [-0.15, -0.1) is 0 Å². The average molecular weight is 536 g/mol. The van der Waals surface area contributed by atoms with Crippen LogP contribution in [-0.2, 0) is 15.8 Å². The molecular formula is C26H28F3N3O4S. The first-order valence-corrected chi connectivity index (χ1v) is 12.8. The molecule has 1 unspecified atom stereocenters. The number of halogens is 3. The Kier molecular flexibility index (Phi) is 9.73. The fraction of sp³-hybridized carbons (Fsp3) is 0.385. The van der Waals surface area contributed by atoms with Crippen molar-refractivity contribution in [2.24, 2.45) is 4.99 Å². The smallest absolute Gasteiger partial charge is 0.416 e. The zero-order valence-corrected chi connectivity index (χ0v) is 21.1. The molecule has 198 valence electrons. The summed E-state index contributed by atoms with van der Waals surface area (Å²) in [5.74, 6) is -1.92. The van der Waals surface area contributed by atoms with Gasteiger partial charge in [0.2, 0.25) is 11.8 Å². The molecule has 1 aliphatic rings. The number of thioether (sulfide) groups is 1. The molecule has 1 heterocycles. The van der Waals surface area contributed by atoms with E-state index in [-0.39, 0.29) is 28.7 Å². The van der Waals surface area contributed by atoms with Gasteiger partial charge in [0, 0.05) is 18.7 Å². The van der Waals surface area contributed by atoms with E-state index in [4.69, 9.17) is 5.11 Å². The molecule has 11 heteroatoms. The third-order valence-corrected chi connectivity index (χ3v) is 6.90. The molecule has 37 heavy (non-hydrogen) atoms. The second kappa shape index (κ2) is 12.8. The highest BCUT2D eigenvalue weighted by Gasteiger charge is 2.36. The zero-order valence-electron chi connectivity index (χ0n) is 20.3. The summed E-state index contributed by atoms with van der Waals surface area (Å²) >= 11 is 1.02. The number of alkyl halides is 3. The van der Waals surface area contributed by atoms with Crippen LogP contribution in [0.15, 0.2) is 53.5 Å². The molecule has 1 atom stereocenters. The Bertz CT molecular complexity index is 1150. The molecule has 7 nitrogen and oxygen atoms in total. The number of carbonyl (C=O) groups excluding carboxylic acids is 2. The van der Waals surface area contributed by atoms with E-state index >= 15 is 0 Å². The van der Waals surface area contributed by atoms with Crippen LogP contribution in [0.2, 0.25) is 0 Å². The molecule has 2 amide bonds. The van der Waals surface area contributed by atoms with Gasteiger partial charge in [-0.05, 0) is 48.9 Å². The highest BCUT2D eigenvalue weighted by Crippen LogP contribution is 2.34. The van der Waals surface area contributed by atoms with Crippen molar-refractivity contribution in [2.75, 3.05) is 11.9 Å². The van der Waals surface area contributed by atoms with Gasteiger partial charge in [-0.2, -0.15) is 13.2 Å². The topological polar surface area (TPSA) is 99.1 Å². The lowest BCUT2D eigenvalue weighted by Gasteiger charge is -2.32. The van der Waals surface area contributed by atoms with Gasteiger partial charge in [0.1, 0.15) is 5.25 Å². The van der Waals surface area contributed by atoms with Crippen molar-refractivity contribution < 1.29 is 32.7 Å². The molecule has 1 fully saturated rings. The van der Waals surface area contributed by atoms with Gasteiger partial charge in [0.25, 0.3) is 0 Å². The fourth-order valence-electron chi connectivity index (χ4n) is 3.72. The minimum Gasteiger partial charge on any atom is -0.478 e. The molecule has 1 saturated heterocycles. The third-order valence-electron chi connectivity index (χ3n) is 5.71. The first kappa shape index (κ1) is 28.2. The SMILES string of the molecule is CCCCCCCN1C(=O)CC(C(=O)Nc2ccc(C(=O)O)cc2)SC1=Nc1cccc(C(F)(F)F)c1. The highest BCUT2D eigenvalue weighted by atomic mass is 32.2. The second-order valence-corrected chi connectivity index (χ2v) is 9.75. The van der Waals surface area contributed by atoms with Gasteiger partial charge in [0.05, 0.1) is 16.8 Å². The van der Waals surface area contributed by atoms with Crippen LogP contribution in [0.5, 0.6) is 0 Å². The number of anilines is 1. The maximum Gasteiger partial charge on any atom is 0.416 e. The van der Waals surface area contributed by atoms with Crippen molar-refractivity contribution in [3.63, 3.8) is 0 Å². The summed E-state index contributed by atoms with van der Waals surface area (Å²) < 4.78 is 39.6. The maximum absolute atomic E-state index is 13.2. The molecule has 0 aliphatic carbocycles. The number of unbranched alkanes of at least 4 members (excludes halogenated alkanes) is 4. The predicted octanol–water partition coefficient (Wildman–Crippen LogP) is 6.33. The lowest BCUT2D eigenvalue weighted by atomic mass is 10.1. The molecule has 0 bridgehead atoms. The number of aliphatic imine (C=N–C) groups is 1. The molecule has 0 radical (unpaired) electrons. The summed E-state index contributed by atoms with van der Waals surface area (Å²) in [7, 11) is 0. The molecule has 0 spiro atoms. The molecule has 2 aromatic rings. The van der Waals surface area contributed by atoms with Gasteiger partial charge in [-0.25, -0.2) is 9.79 Å². The summed E-state index contributed by atoms with van der Waals surface area (Å²) in [6.45, 7) is 2.45. The van der Waals surface area contributed by atoms with Crippen LogP contribution in [0, 0.1) is 0 Å². The van der Waals surface area contributed by atoms with E-state index in [1.165, 1.54) is 41.3 Å². The summed E-state index contributed by atoms with van der Waals surface area (Å²) in [6, 6.07) is 10.1. The Hall–Kier alpha value is -3.34. The minimum absolute atomic E-state index is 0.0337. The van der Waals surface area contributed by atoms with Crippen molar-refractivity contribution in [1.29, 1.82) is 0 Å². The van der Waals surface area contributed by atoms with Crippen molar-refractivity contribution in [3.05, 3.63) is 59.7 Å². The molecule has 2 N–H and O–H groups in total.